The molecule has 1 unspecified atom stereocenters. The average molecular weight is 251 g/mol. The van der Waals surface area contributed by atoms with E-state index in [9.17, 15) is 9.50 Å². The summed E-state index contributed by atoms with van der Waals surface area (Å²) in [6.45, 7) is 2.44. The number of aliphatic hydroxyl groups is 1. The van der Waals surface area contributed by atoms with Crippen LogP contribution in [0.2, 0.25) is 0 Å². The first-order valence-corrected chi connectivity index (χ1v) is 5.56. The van der Waals surface area contributed by atoms with Gasteiger partial charge in [-0.2, -0.15) is 5.10 Å². The second-order valence-corrected chi connectivity index (χ2v) is 3.71. The van der Waals surface area contributed by atoms with Gasteiger partial charge in [0, 0.05) is 18.3 Å². The fraction of sp³-hybridized carbons (Fsp3) is 0.333. The summed E-state index contributed by atoms with van der Waals surface area (Å²) in [7, 11) is 1.48. The molecule has 0 saturated carbocycles. The number of methoxy groups -OCH3 is 1. The van der Waals surface area contributed by atoms with Crippen molar-refractivity contribution < 1.29 is 14.2 Å². The summed E-state index contributed by atoms with van der Waals surface area (Å²) in [4.78, 5) is 3.65. The lowest BCUT2D eigenvalue weighted by Gasteiger charge is -2.14. The van der Waals surface area contributed by atoms with E-state index in [1.165, 1.54) is 25.6 Å². The number of rotatable bonds is 4. The summed E-state index contributed by atoms with van der Waals surface area (Å²) in [6, 6.07) is 1.44. The van der Waals surface area contributed by atoms with Crippen molar-refractivity contribution in [2.45, 2.75) is 19.6 Å². The molecule has 2 heterocycles. The van der Waals surface area contributed by atoms with Crippen LogP contribution in [0.3, 0.4) is 0 Å². The zero-order valence-electron chi connectivity index (χ0n) is 10.2. The zero-order valence-corrected chi connectivity index (χ0v) is 10.2. The van der Waals surface area contributed by atoms with Gasteiger partial charge < -0.3 is 9.84 Å². The van der Waals surface area contributed by atoms with E-state index in [1.54, 1.807) is 4.68 Å². The molecule has 96 valence electrons. The minimum atomic E-state index is -1.13. The molecule has 0 amide bonds. The van der Waals surface area contributed by atoms with Gasteiger partial charge >= 0.3 is 0 Å². The van der Waals surface area contributed by atoms with Gasteiger partial charge in [-0.25, -0.2) is 4.39 Å². The van der Waals surface area contributed by atoms with Crippen LogP contribution in [-0.2, 0) is 6.54 Å². The molecule has 0 bridgehead atoms. The number of pyridine rings is 1. The molecule has 1 N–H and O–H groups in total. The van der Waals surface area contributed by atoms with Gasteiger partial charge in [-0.3, -0.25) is 9.67 Å². The number of aliphatic hydroxyl groups excluding tert-OH is 1. The maximum Gasteiger partial charge on any atom is 0.163 e. The molecule has 0 aliphatic carbocycles. The lowest BCUT2D eigenvalue weighted by molar-refractivity contribution is 0.197. The topological polar surface area (TPSA) is 60.2 Å². The summed E-state index contributed by atoms with van der Waals surface area (Å²) in [6.07, 6.45) is 2.87. The second kappa shape index (κ2) is 5.14. The Morgan fingerprint density at radius 3 is 2.89 bits per heavy atom. The molecule has 18 heavy (non-hydrogen) atoms. The van der Waals surface area contributed by atoms with Crippen molar-refractivity contribution in [2.75, 3.05) is 7.11 Å². The van der Waals surface area contributed by atoms with E-state index in [2.05, 4.69) is 10.1 Å². The van der Waals surface area contributed by atoms with E-state index in [4.69, 9.17) is 4.74 Å². The van der Waals surface area contributed by atoms with Crippen LogP contribution in [0.4, 0.5) is 4.39 Å². The van der Waals surface area contributed by atoms with E-state index in [-0.39, 0.29) is 5.56 Å². The van der Waals surface area contributed by atoms with Crippen molar-refractivity contribution in [1.82, 2.24) is 14.8 Å². The number of halogens is 1. The minimum absolute atomic E-state index is 0.151. The highest BCUT2D eigenvalue weighted by Crippen LogP contribution is 2.30. The average Bonchev–Trinajstić information content (AvgIpc) is 2.81. The van der Waals surface area contributed by atoms with E-state index in [1.807, 2.05) is 6.92 Å². The van der Waals surface area contributed by atoms with E-state index < -0.39 is 11.9 Å². The molecule has 0 aromatic carbocycles. The number of hydrogen-bond acceptors (Lipinski definition) is 4. The summed E-state index contributed by atoms with van der Waals surface area (Å²) >= 11 is 0. The Hall–Kier alpha value is -1.95. The highest BCUT2D eigenvalue weighted by atomic mass is 19.1. The van der Waals surface area contributed by atoms with Gasteiger partial charge in [0.2, 0.25) is 0 Å². The fourth-order valence-corrected chi connectivity index (χ4v) is 1.82. The Morgan fingerprint density at radius 1 is 1.50 bits per heavy atom. The summed E-state index contributed by atoms with van der Waals surface area (Å²) < 4.78 is 20.3. The van der Waals surface area contributed by atoms with Crippen LogP contribution in [0, 0.1) is 5.82 Å². The van der Waals surface area contributed by atoms with Crippen LogP contribution in [0.25, 0.3) is 0 Å². The van der Waals surface area contributed by atoms with E-state index in [0.717, 1.165) is 6.20 Å². The van der Waals surface area contributed by atoms with E-state index >= 15 is 0 Å². The first-order chi connectivity index (χ1) is 8.69. The van der Waals surface area contributed by atoms with Crippen LogP contribution in [0.1, 0.15) is 24.3 Å². The minimum Gasteiger partial charge on any atom is -0.493 e. The number of aryl methyl sites for hydroxylation is 1. The largest absolute Gasteiger partial charge is 0.493 e. The molecule has 0 spiro atoms. The molecule has 2 aromatic rings. The normalized spacial score (nSPS) is 12.4. The second-order valence-electron chi connectivity index (χ2n) is 3.71. The molecule has 2 rings (SSSR count). The number of nitrogens with zero attached hydrogens (tertiary/aromatic N) is 3. The number of aromatic nitrogens is 3. The molecular weight excluding hydrogens is 237 g/mol. The lowest BCUT2D eigenvalue weighted by Crippen LogP contribution is -2.11. The molecule has 0 aliphatic rings. The smallest absolute Gasteiger partial charge is 0.163 e. The quantitative estimate of drug-likeness (QED) is 0.895. The molecule has 0 aliphatic heterocycles. The van der Waals surface area contributed by atoms with E-state index in [0.29, 0.717) is 18.0 Å². The van der Waals surface area contributed by atoms with Crippen LogP contribution >= 0.6 is 0 Å². The van der Waals surface area contributed by atoms with Crippen molar-refractivity contribution in [3.8, 4) is 5.75 Å². The monoisotopic (exact) mass is 251 g/mol. The van der Waals surface area contributed by atoms with Crippen LogP contribution in [-0.4, -0.2) is 27.0 Å². The highest BCUT2D eigenvalue weighted by molar-refractivity contribution is 5.34. The highest BCUT2D eigenvalue weighted by Gasteiger charge is 2.23. The van der Waals surface area contributed by atoms with Crippen molar-refractivity contribution >= 4 is 0 Å². The molecule has 0 radical (unpaired) electrons. The van der Waals surface area contributed by atoms with Gasteiger partial charge in [0.05, 0.1) is 19.5 Å². The molecule has 1 atom stereocenters. The zero-order chi connectivity index (χ0) is 13.1. The van der Waals surface area contributed by atoms with Gasteiger partial charge in [0.25, 0.3) is 0 Å². The van der Waals surface area contributed by atoms with Crippen LogP contribution in [0.15, 0.2) is 24.7 Å². The first-order valence-electron chi connectivity index (χ1n) is 5.56. The predicted octanol–water partition coefficient (Wildman–Crippen LogP) is 1.53. The third-order valence-electron chi connectivity index (χ3n) is 2.72. The SMILES string of the molecule is CCn1ncc(OC)c1C(O)c1ccncc1F. The predicted molar refractivity (Wildman–Crippen MR) is 62.7 cm³/mol. The van der Waals surface area contributed by atoms with Crippen molar-refractivity contribution in [1.29, 1.82) is 0 Å². The van der Waals surface area contributed by atoms with Crippen molar-refractivity contribution in [2.24, 2.45) is 0 Å². The summed E-state index contributed by atoms with van der Waals surface area (Å²) in [5.41, 5.74) is 0.587. The molecule has 6 heteroatoms. The Balaban J connectivity index is 2.48. The van der Waals surface area contributed by atoms with Gasteiger partial charge in [-0.1, -0.05) is 0 Å². The molecule has 5 nitrogen and oxygen atoms in total. The van der Waals surface area contributed by atoms with Crippen molar-refractivity contribution in [3.63, 3.8) is 0 Å². The Morgan fingerprint density at radius 2 is 2.28 bits per heavy atom. The van der Waals surface area contributed by atoms with Crippen LogP contribution in [0.5, 0.6) is 5.75 Å². The maximum atomic E-state index is 13.6. The van der Waals surface area contributed by atoms with Crippen LogP contribution < -0.4 is 4.74 Å². The van der Waals surface area contributed by atoms with Gasteiger partial charge in [-0.05, 0) is 13.0 Å². The lowest BCUT2D eigenvalue weighted by atomic mass is 10.1. The third-order valence-corrected chi connectivity index (χ3v) is 2.72. The number of hydrogen-bond donors (Lipinski definition) is 1. The van der Waals surface area contributed by atoms with Crippen molar-refractivity contribution in [3.05, 3.63) is 41.7 Å². The Bertz CT molecular complexity index is 520. The molecular formula is C12H14FN3O2. The first kappa shape index (κ1) is 12.5. The standard InChI is InChI=1S/C12H14FN3O2/c1-3-16-11(10(18-2)7-15-16)12(17)8-4-5-14-6-9(8)13/h4-7,12,17H,3H2,1-2H3. The third kappa shape index (κ3) is 2.06. The molecule has 0 saturated heterocycles. The summed E-state index contributed by atoms with van der Waals surface area (Å²) in [5, 5.41) is 14.4. The molecule has 2 aromatic heterocycles. The van der Waals surface area contributed by atoms with Gasteiger partial charge in [0.1, 0.15) is 17.6 Å². The Labute approximate surface area is 104 Å². The molecule has 0 fully saturated rings. The van der Waals surface area contributed by atoms with Gasteiger partial charge in [0.15, 0.2) is 5.75 Å². The number of ether oxygens (including phenoxy) is 1. The fourth-order valence-electron chi connectivity index (χ4n) is 1.82. The summed E-state index contributed by atoms with van der Waals surface area (Å²) in [5.74, 6) is -0.128. The Kier molecular flexibility index (Phi) is 3.57. The van der Waals surface area contributed by atoms with Gasteiger partial charge in [-0.15, -0.1) is 0 Å². The maximum absolute atomic E-state index is 13.6.